The molecule has 5 nitrogen and oxygen atoms in total. The van der Waals surface area contributed by atoms with E-state index in [-0.39, 0.29) is 11.3 Å². The van der Waals surface area contributed by atoms with Gasteiger partial charge in [-0.05, 0) is 31.0 Å². The first-order valence-electron chi connectivity index (χ1n) is 7.91. The van der Waals surface area contributed by atoms with E-state index in [4.69, 9.17) is 21.4 Å². The van der Waals surface area contributed by atoms with Gasteiger partial charge >= 0.3 is 6.18 Å². The van der Waals surface area contributed by atoms with Crippen LogP contribution in [0.1, 0.15) is 56.6 Å². The summed E-state index contributed by atoms with van der Waals surface area (Å²) in [4.78, 5) is 0. The Morgan fingerprint density at radius 3 is 2.50 bits per heavy atom. The van der Waals surface area contributed by atoms with Crippen molar-refractivity contribution in [3.8, 4) is 5.75 Å². The van der Waals surface area contributed by atoms with Gasteiger partial charge in [0.2, 0.25) is 0 Å². The van der Waals surface area contributed by atoms with Crippen molar-refractivity contribution in [1.29, 1.82) is 0 Å². The Balaban J connectivity index is 2.79. The van der Waals surface area contributed by atoms with Crippen molar-refractivity contribution < 1.29 is 23.1 Å². The maximum Gasteiger partial charge on any atom is 0.419 e. The number of hydrogen-bond acceptors (Lipinski definition) is 4. The number of rotatable bonds is 9. The standard InChI is InChI=1S/C16H24F3N3O2/c1-2-3-4-5-6-7-14(20)24-13-9-8-11(15(21)22-23)10-12(13)16(17,18)19/h8-10,14,23H,2-7,20H2,1H3,(H2,21,22). The van der Waals surface area contributed by atoms with Gasteiger partial charge in [-0.3, -0.25) is 5.73 Å². The average Bonchev–Trinajstić information content (AvgIpc) is 2.53. The predicted octanol–water partition coefficient (Wildman–Crippen LogP) is 3.82. The summed E-state index contributed by atoms with van der Waals surface area (Å²) in [6, 6.07) is 3.19. The van der Waals surface area contributed by atoms with Crippen LogP contribution in [0.3, 0.4) is 0 Å². The van der Waals surface area contributed by atoms with Gasteiger partial charge in [-0.25, -0.2) is 0 Å². The molecule has 24 heavy (non-hydrogen) atoms. The van der Waals surface area contributed by atoms with E-state index in [1.165, 1.54) is 6.07 Å². The molecule has 0 aliphatic heterocycles. The molecule has 0 aliphatic rings. The molecule has 8 heteroatoms. The molecule has 0 fully saturated rings. The molecule has 1 aromatic rings. The van der Waals surface area contributed by atoms with Crippen LogP contribution in [-0.2, 0) is 6.18 Å². The maximum atomic E-state index is 13.2. The third-order valence-electron chi connectivity index (χ3n) is 3.56. The number of nitrogens with two attached hydrogens (primary N) is 2. The summed E-state index contributed by atoms with van der Waals surface area (Å²) in [5.74, 6) is -0.773. The molecule has 1 rings (SSSR count). The van der Waals surface area contributed by atoms with Crippen molar-refractivity contribution in [2.75, 3.05) is 0 Å². The normalized spacial score (nSPS) is 13.8. The Bertz CT molecular complexity index is 548. The second-order valence-corrected chi connectivity index (χ2v) is 5.55. The molecule has 0 aromatic heterocycles. The zero-order valence-electron chi connectivity index (χ0n) is 13.6. The molecule has 0 bridgehead atoms. The van der Waals surface area contributed by atoms with Gasteiger partial charge < -0.3 is 15.7 Å². The Kier molecular flexibility index (Phi) is 7.84. The number of alkyl halides is 3. The minimum atomic E-state index is -4.64. The van der Waals surface area contributed by atoms with Crippen LogP contribution in [-0.4, -0.2) is 17.3 Å². The monoisotopic (exact) mass is 347 g/mol. The van der Waals surface area contributed by atoms with Crippen molar-refractivity contribution in [3.05, 3.63) is 29.3 Å². The molecule has 136 valence electrons. The number of oxime groups is 1. The highest BCUT2D eigenvalue weighted by atomic mass is 19.4. The first-order valence-corrected chi connectivity index (χ1v) is 7.91. The summed E-state index contributed by atoms with van der Waals surface area (Å²) >= 11 is 0. The summed E-state index contributed by atoms with van der Waals surface area (Å²) in [6.45, 7) is 2.10. The molecule has 1 unspecified atom stereocenters. The molecule has 1 aromatic carbocycles. The molecule has 0 heterocycles. The van der Waals surface area contributed by atoms with Crippen molar-refractivity contribution >= 4 is 5.84 Å². The third-order valence-corrected chi connectivity index (χ3v) is 3.56. The lowest BCUT2D eigenvalue weighted by Crippen LogP contribution is -2.28. The van der Waals surface area contributed by atoms with E-state index < -0.39 is 23.8 Å². The molecule has 0 aliphatic carbocycles. The highest BCUT2D eigenvalue weighted by Gasteiger charge is 2.35. The van der Waals surface area contributed by atoms with Gasteiger partial charge in [-0.2, -0.15) is 13.2 Å². The fourth-order valence-corrected chi connectivity index (χ4v) is 2.24. The second-order valence-electron chi connectivity index (χ2n) is 5.55. The highest BCUT2D eigenvalue weighted by molar-refractivity contribution is 5.97. The van der Waals surface area contributed by atoms with Crippen molar-refractivity contribution in [2.24, 2.45) is 16.6 Å². The topological polar surface area (TPSA) is 93.9 Å². The lowest BCUT2D eigenvalue weighted by atomic mass is 10.1. The molecular weight excluding hydrogens is 323 g/mol. The van der Waals surface area contributed by atoms with E-state index in [1.54, 1.807) is 0 Å². The third kappa shape index (κ3) is 6.27. The molecule has 0 spiro atoms. The van der Waals surface area contributed by atoms with Gasteiger partial charge in [0.25, 0.3) is 0 Å². The number of benzene rings is 1. The highest BCUT2D eigenvalue weighted by Crippen LogP contribution is 2.37. The van der Waals surface area contributed by atoms with Crippen molar-refractivity contribution in [3.63, 3.8) is 0 Å². The van der Waals surface area contributed by atoms with Crippen molar-refractivity contribution in [2.45, 2.75) is 57.9 Å². The van der Waals surface area contributed by atoms with Crippen LogP contribution in [0.2, 0.25) is 0 Å². The predicted molar refractivity (Wildman–Crippen MR) is 85.9 cm³/mol. The Hall–Kier alpha value is -1.96. The van der Waals surface area contributed by atoms with E-state index in [2.05, 4.69) is 12.1 Å². The number of hydrogen-bond donors (Lipinski definition) is 3. The minimum Gasteiger partial charge on any atom is -0.475 e. The van der Waals surface area contributed by atoms with Crippen LogP contribution in [0.15, 0.2) is 23.4 Å². The first kappa shape index (κ1) is 20.1. The summed E-state index contributed by atoms with van der Waals surface area (Å²) in [5.41, 5.74) is 10.1. The Morgan fingerprint density at radius 1 is 1.25 bits per heavy atom. The zero-order valence-corrected chi connectivity index (χ0v) is 13.6. The van der Waals surface area contributed by atoms with E-state index in [0.717, 1.165) is 44.2 Å². The summed E-state index contributed by atoms with van der Waals surface area (Å²) in [6.07, 6.45) is 0.108. The Morgan fingerprint density at radius 2 is 1.92 bits per heavy atom. The second kappa shape index (κ2) is 9.36. The van der Waals surface area contributed by atoms with Crippen LogP contribution < -0.4 is 16.2 Å². The SMILES string of the molecule is CCCCCCCC(N)Oc1ccc(/C(N)=N/O)cc1C(F)(F)F. The van der Waals surface area contributed by atoms with E-state index >= 15 is 0 Å². The number of amidine groups is 1. The lowest BCUT2D eigenvalue weighted by Gasteiger charge is -2.19. The van der Waals surface area contributed by atoms with Gasteiger partial charge in [-0.15, -0.1) is 0 Å². The van der Waals surface area contributed by atoms with Crippen LogP contribution in [0, 0.1) is 0 Å². The first-order chi connectivity index (χ1) is 11.3. The van der Waals surface area contributed by atoms with Gasteiger partial charge in [0.1, 0.15) is 12.0 Å². The van der Waals surface area contributed by atoms with E-state index in [0.29, 0.717) is 6.42 Å². The number of nitrogens with zero attached hydrogens (tertiary/aromatic N) is 1. The van der Waals surface area contributed by atoms with Gasteiger partial charge in [0.05, 0.1) is 5.56 Å². The van der Waals surface area contributed by atoms with Crippen LogP contribution >= 0.6 is 0 Å². The van der Waals surface area contributed by atoms with E-state index in [9.17, 15) is 13.2 Å². The van der Waals surface area contributed by atoms with Crippen LogP contribution in [0.4, 0.5) is 13.2 Å². The van der Waals surface area contributed by atoms with Gasteiger partial charge in [-0.1, -0.05) is 37.8 Å². The molecule has 0 saturated carbocycles. The van der Waals surface area contributed by atoms with E-state index in [1.807, 2.05) is 0 Å². The van der Waals surface area contributed by atoms with Crippen molar-refractivity contribution in [1.82, 2.24) is 0 Å². The molecule has 5 N–H and O–H groups in total. The van der Waals surface area contributed by atoms with Gasteiger partial charge in [0.15, 0.2) is 5.84 Å². The van der Waals surface area contributed by atoms with Crippen LogP contribution in [0.25, 0.3) is 0 Å². The lowest BCUT2D eigenvalue weighted by molar-refractivity contribution is -0.139. The molecule has 0 amide bonds. The van der Waals surface area contributed by atoms with Crippen LogP contribution in [0.5, 0.6) is 5.75 Å². The molecule has 0 saturated heterocycles. The van der Waals surface area contributed by atoms with Gasteiger partial charge in [0, 0.05) is 5.56 Å². The maximum absolute atomic E-state index is 13.2. The minimum absolute atomic E-state index is 0.0506. The fourth-order valence-electron chi connectivity index (χ4n) is 2.24. The summed E-state index contributed by atoms with van der Waals surface area (Å²) < 4.78 is 44.8. The molecule has 0 radical (unpaired) electrons. The average molecular weight is 347 g/mol. The smallest absolute Gasteiger partial charge is 0.419 e. The Labute approximate surface area is 139 Å². The number of ether oxygens (including phenoxy) is 1. The number of unbranched alkanes of at least 4 members (excludes halogenated alkanes) is 4. The fraction of sp³-hybridized carbons (Fsp3) is 0.562. The summed E-state index contributed by atoms with van der Waals surface area (Å²) in [7, 11) is 0. The molecular formula is C16H24F3N3O2. The molecule has 1 atom stereocenters. The quantitative estimate of drug-likeness (QED) is 0.158. The summed E-state index contributed by atoms with van der Waals surface area (Å²) in [5, 5.41) is 11.3. The number of halogens is 3. The largest absolute Gasteiger partial charge is 0.475 e. The zero-order chi connectivity index (χ0) is 18.2.